The van der Waals surface area contributed by atoms with Gasteiger partial charge >= 0.3 is 0 Å². The molecule has 0 bridgehead atoms. The molecule has 1 amide bonds. The van der Waals surface area contributed by atoms with Crippen molar-refractivity contribution in [2.45, 2.75) is 13.3 Å². The van der Waals surface area contributed by atoms with Crippen molar-refractivity contribution in [3.05, 3.63) is 34.6 Å². The summed E-state index contributed by atoms with van der Waals surface area (Å²) in [7, 11) is 0. The molecule has 0 fully saturated rings. The third-order valence-corrected chi connectivity index (χ3v) is 2.59. The van der Waals surface area contributed by atoms with Crippen molar-refractivity contribution in [1.82, 2.24) is 4.90 Å². The highest BCUT2D eigenvalue weighted by molar-refractivity contribution is 5.94. The van der Waals surface area contributed by atoms with Gasteiger partial charge in [0.15, 0.2) is 23.3 Å². The van der Waals surface area contributed by atoms with Crippen LogP contribution >= 0.6 is 0 Å². The number of carbonyl (C=O) groups excluding carboxylic acids is 1. The molecule has 1 aromatic rings. The first-order chi connectivity index (χ1) is 9.36. The number of carbonyl (C=O) groups is 1. The normalized spacial score (nSPS) is 10.2. The molecule has 0 heterocycles. The summed E-state index contributed by atoms with van der Waals surface area (Å²) in [5.41, 5.74) is -1.51. The highest BCUT2D eigenvalue weighted by atomic mass is 19.2. The fourth-order valence-electron chi connectivity index (χ4n) is 1.54. The van der Waals surface area contributed by atoms with E-state index in [9.17, 15) is 26.7 Å². The van der Waals surface area contributed by atoms with Gasteiger partial charge in [-0.15, -0.1) is 0 Å². The van der Waals surface area contributed by atoms with Crippen LogP contribution in [0.5, 0.6) is 0 Å². The van der Waals surface area contributed by atoms with Crippen LogP contribution in [0.25, 0.3) is 0 Å². The third-order valence-electron chi connectivity index (χ3n) is 2.59. The van der Waals surface area contributed by atoms with Crippen molar-refractivity contribution in [3.8, 4) is 6.07 Å². The summed E-state index contributed by atoms with van der Waals surface area (Å²) in [5.74, 6) is -12.4. The fourth-order valence-corrected chi connectivity index (χ4v) is 1.54. The van der Waals surface area contributed by atoms with Crippen molar-refractivity contribution in [2.75, 3.05) is 13.1 Å². The van der Waals surface area contributed by atoms with Crippen LogP contribution in [-0.2, 0) is 0 Å². The van der Waals surface area contributed by atoms with Gasteiger partial charge in [0.2, 0.25) is 5.82 Å². The quantitative estimate of drug-likeness (QED) is 0.486. The number of hydrogen-bond acceptors (Lipinski definition) is 2. The number of hydrogen-bond donors (Lipinski definition) is 0. The van der Waals surface area contributed by atoms with E-state index >= 15 is 0 Å². The van der Waals surface area contributed by atoms with Crippen LogP contribution in [0, 0.1) is 40.4 Å². The second-order valence-electron chi connectivity index (χ2n) is 3.74. The first-order valence-corrected chi connectivity index (χ1v) is 5.54. The van der Waals surface area contributed by atoms with Crippen LogP contribution < -0.4 is 0 Å². The SMILES string of the molecule is CCN(CCC#N)C(=O)c1c(F)c(F)c(F)c(F)c1F. The Hall–Kier alpha value is -2.17. The number of rotatable bonds is 4. The Morgan fingerprint density at radius 2 is 1.50 bits per heavy atom. The van der Waals surface area contributed by atoms with Gasteiger partial charge in [-0.25, -0.2) is 22.0 Å². The lowest BCUT2D eigenvalue weighted by atomic mass is 10.1. The molecule has 3 nitrogen and oxygen atoms in total. The molecule has 0 aliphatic carbocycles. The maximum Gasteiger partial charge on any atom is 0.260 e. The Morgan fingerprint density at radius 3 is 1.90 bits per heavy atom. The summed E-state index contributed by atoms with van der Waals surface area (Å²) in [5, 5.41) is 8.39. The fraction of sp³-hybridized carbons (Fsp3) is 0.333. The van der Waals surface area contributed by atoms with Crippen LogP contribution in [0.15, 0.2) is 0 Å². The maximum atomic E-state index is 13.4. The molecule has 0 aliphatic heterocycles. The zero-order valence-corrected chi connectivity index (χ0v) is 10.3. The lowest BCUT2D eigenvalue weighted by molar-refractivity contribution is 0.0754. The molecule has 1 rings (SSSR count). The van der Waals surface area contributed by atoms with Gasteiger partial charge in [-0.3, -0.25) is 4.79 Å². The average Bonchev–Trinajstić information content (AvgIpc) is 2.44. The van der Waals surface area contributed by atoms with Gasteiger partial charge in [-0.05, 0) is 6.92 Å². The molecule has 0 radical (unpaired) electrons. The predicted molar refractivity (Wildman–Crippen MR) is 58.0 cm³/mol. The molecule has 1 aromatic carbocycles. The largest absolute Gasteiger partial charge is 0.338 e. The summed E-state index contributed by atoms with van der Waals surface area (Å²) >= 11 is 0. The average molecular weight is 292 g/mol. The number of benzene rings is 1. The van der Waals surface area contributed by atoms with E-state index in [-0.39, 0.29) is 19.5 Å². The van der Waals surface area contributed by atoms with Crippen molar-refractivity contribution in [1.29, 1.82) is 5.26 Å². The van der Waals surface area contributed by atoms with E-state index in [0.29, 0.717) is 0 Å². The highest BCUT2D eigenvalue weighted by Crippen LogP contribution is 2.24. The third kappa shape index (κ3) is 2.71. The minimum atomic E-state index is -2.32. The second-order valence-corrected chi connectivity index (χ2v) is 3.74. The van der Waals surface area contributed by atoms with Crippen molar-refractivity contribution in [3.63, 3.8) is 0 Å². The number of halogens is 5. The molecule has 0 unspecified atom stereocenters. The molecule has 8 heteroatoms. The molecule has 0 aliphatic rings. The summed E-state index contributed by atoms with van der Waals surface area (Å²) in [4.78, 5) is 12.6. The molecule has 0 saturated heterocycles. The van der Waals surface area contributed by atoms with E-state index in [2.05, 4.69) is 0 Å². The number of amides is 1. The van der Waals surface area contributed by atoms with E-state index in [4.69, 9.17) is 5.26 Å². The Kier molecular flexibility index (Phi) is 5.02. The Balaban J connectivity index is 3.32. The smallest absolute Gasteiger partial charge is 0.260 e. The molecule has 0 atom stereocenters. The van der Waals surface area contributed by atoms with Crippen LogP contribution in [-0.4, -0.2) is 23.9 Å². The first-order valence-electron chi connectivity index (χ1n) is 5.54. The first kappa shape index (κ1) is 15.9. The van der Waals surface area contributed by atoms with Gasteiger partial charge in [-0.2, -0.15) is 5.26 Å². The summed E-state index contributed by atoms with van der Waals surface area (Å²) in [6.07, 6.45) is -0.130. The lowest BCUT2D eigenvalue weighted by Crippen LogP contribution is -2.33. The van der Waals surface area contributed by atoms with Crippen molar-refractivity contribution < 1.29 is 26.7 Å². The minimum absolute atomic E-state index is 0.0417. The zero-order chi connectivity index (χ0) is 15.4. The Morgan fingerprint density at radius 1 is 1.05 bits per heavy atom. The van der Waals surface area contributed by atoms with E-state index in [1.165, 1.54) is 6.92 Å². The predicted octanol–water partition coefficient (Wildman–Crippen LogP) is 2.76. The van der Waals surface area contributed by atoms with Gasteiger partial charge in [0.05, 0.1) is 12.5 Å². The Labute approximate surface area is 111 Å². The van der Waals surface area contributed by atoms with Crippen LogP contribution in [0.4, 0.5) is 22.0 Å². The van der Waals surface area contributed by atoms with E-state index in [1.807, 2.05) is 0 Å². The maximum absolute atomic E-state index is 13.4. The summed E-state index contributed by atoms with van der Waals surface area (Å²) < 4.78 is 65.7. The van der Waals surface area contributed by atoms with Crippen molar-refractivity contribution >= 4 is 5.91 Å². The molecule has 108 valence electrons. The lowest BCUT2D eigenvalue weighted by Gasteiger charge is -2.20. The highest BCUT2D eigenvalue weighted by Gasteiger charge is 2.31. The van der Waals surface area contributed by atoms with Crippen LogP contribution in [0.2, 0.25) is 0 Å². The van der Waals surface area contributed by atoms with Gasteiger partial charge < -0.3 is 4.90 Å². The molecular weight excluding hydrogens is 283 g/mol. The van der Waals surface area contributed by atoms with E-state index < -0.39 is 40.6 Å². The standard InChI is InChI=1S/C12H9F5N2O/c1-2-19(5-3-4-18)12(20)6-7(13)9(15)11(17)10(16)8(6)14/h2-3,5H2,1H3. The van der Waals surface area contributed by atoms with Crippen LogP contribution in [0.3, 0.4) is 0 Å². The number of nitriles is 1. The molecule has 0 saturated carbocycles. The molecule has 0 N–H and O–H groups in total. The molecular formula is C12H9F5N2O. The van der Waals surface area contributed by atoms with Crippen LogP contribution in [0.1, 0.15) is 23.7 Å². The summed E-state index contributed by atoms with van der Waals surface area (Å²) in [6.45, 7) is 1.23. The molecule has 20 heavy (non-hydrogen) atoms. The van der Waals surface area contributed by atoms with Gasteiger partial charge in [0, 0.05) is 13.1 Å². The van der Waals surface area contributed by atoms with E-state index in [1.54, 1.807) is 6.07 Å². The van der Waals surface area contributed by atoms with E-state index in [0.717, 1.165) is 4.90 Å². The summed E-state index contributed by atoms with van der Waals surface area (Å²) in [6, 6.07) is 1.71. The topological polar surface area (TPSA) is 44.1 Å². The minimum Gasteiger partial charge on any atom is -0.338 e. The number of nitrogens with zero attached hydrogens (tertiary/aromatic N) is 2. The Bertz CT molecular complexity index is 553. The second kappa shape index (κ2) is 6.32. The van der Waals surface area contributed by atoms with Gasteiger partial charge in [0.25, 0.3) is 5.91 Å². The van der Waals surface area contributed by atoms with Crippen molar-refractivity contribution in [2.24, 2.45) is 0 Å². The molecule has 0 aromatic heterocycles. The van der Waals surface area contributed by atoms with Gasteiger partial charge in [-0.1, -0.05) is 0 Å². The van der Waals surface area contributed by atoms with Gasteiger partial charge in [0.1, 0.15) is 5.56 Å². The molecule has 0 spiro atoms. The zero-order valence-electron chi connectivity index (χ0n) is 10.3. The monoisotopic (exact) mass is 292 g/mol.